The van der Waals surface area contributed by atoms with E-state index < -0.39 is 6.04 Å². The van der Waals surface area contributed by atoms with Gasteiger partial charge in [-0.1, -0.05) is 35.0 Å². The van der Waals surface area contributed by atoms with Gasteiger partial charge in [0.15, 0.2) is 0 Å². The number of rotatable bonds is 5. The van der Waals surface area contributed by atoms with Crippen LogP contribution in [0.1, 0.15) is 37.3 Å². The lowest BCUT2D eigenvalue weighted by Crippen LogP contribution is -2.48. The number of carbonyl (C=O) groups excluding carboxylic acids is 1. The summed E-state index contributed by atoms with van der Waals surface area (Å²) in [5, 5.41) is 9.87. The van der Waals surface area contributed by atoms with Crippen molar-refractivity contribution in [2.24, 2.45) is 0 Å². The van der Waals surface area contributed by atoms with Crippen molar-refractivity contribution in [1.82, 2.24) is 20.4 Å². The van der Waals surface area contributed by atoms with E-state index in [4.69, 9.17) is 20.9 Å². The van der Waals surface area contributed by atoms with Crippen molar-refractivity contribution in [2.75, 3.05) is 13.2 Å². The van der Waals surface area contributed by atoms with Crippen molar-refractivity contribution < 1.29 is 14.1 Å². The zero-order chi connectivity index (χ0) is 21.4. The Kier molecular flexibility index (Phi) is 5.52. The van der Waals surface area contributed by atoms with E-state index >= 15 is 0 Å². The molecule has 0 saturated carbocycles. The van der Waals surface area contributed by atoms with E-state index in [2.05, 4.69) is 15.5 Å². The summed E-state index contributed by atoms with van der Waals surface area (Å²) in [5.41, 5.74) is 2.44. The maximum Gasteiger partial charge on any atom is 0.322 e. The summed E-state index contributed by atoms with van der Waals surface area (Å²) in [7, 11) is 0. The number of amides is 2. The fourth-order valence-corrected chi connectivity index (χ4v) is 4.79. The van der Waals surface area contributed by atoms with Gasteiger partial charge in [-0.05, 0) is 48.9 Å². The number of ether oxygens (including phenoxy) is 1. The van der Waals surface area contributed by atoms with Crippen LogP contribution >= 0.6 is 22.9 Å². The largest absolute Gasteiger partial charge is 0.376 e. The van der Waals surface area contributed by atoms with Crippen LogP contribution < -0.4 is 5.32 Å². The molecule has 160 valence electrons. The molecule has 1 aromatic carbocycles. The summed E-state index contributed by atoms with van der Waals surface area (Å²) < 4.78 is 11.4. The van der Waals surface area contributed by atoms with Gasteiger partial charge in [0.2, 0.25) is 5.82 Å². The average molecular weight is 457 g/mol. The first kappa shape index (κ1) is 20.2. The lowest BCUT2D eigenvalue weighted by Gasteiger charge is -2.36. The molecule has 3 aromatic rings. The van der Waals surface area contributed by atoms with E-state index in [9.17, 15) is 4.79 Å². The Morgan fingerprint density at radius 1 is 1.29 bits per heavy atom. The van der Waals surface area contributed by atoms with E-state index in [0.717, 1.165) is 41.2 Å². The second kappa shape index (κ2) is 8.45. The van der Waals surface area contributed by atoms with Crippen LogP contribution in [0.2, 0.25) is 5.02 Å². The summed E-state index contributed by atoms with van der Waals surface area (Å²) in [6, 6.07) is 10.7. The van der Waals surface area contributed by atoms with Gasteiger partial charge in [-0.15, -0.1) is 11.3 Å². The zero-order valence-electron chi connectivity index (χ0n) is 16.9. The second-order valence-corrected chi connectivity index (χ2v) is 8.96. The highest BCUT2D eigenvalue weighted by atomic mass is 35.5. The summed E-state index contributed by atoms with van der Waals surface area (Å²) >= 11 is 7.62. The Bertz CT molecular complexity index is 1100. The molecule has 1 N–H and O–H groups in total. The first-order chi connectivity index (χ1) is 15.1. The highest BCUT2D eigenvalue weighted by Crippen LogP contribution is 2.38. The van der Waals surface area contributed by atoms with Crippen molar-refractivity contribution in [2.45, 2.75) is 31.9 Å². The van der Waals surface area contributed by atoms with Gasteiger partial charge in [-0.3, -0.25) is 4.90 Å². The first-order valence-corrected chi connectivity index (χ1v) is 11.4. The van der Waals surface area contributed by atoms with Gasteiger partial charge in [0.05, 0.1) is 29.1 Å². The molecule has 2 aromatic heterocycles. The molecule has 7 nitrogen and oxygen atoms in total. The number of aromatic nitrogens is 2. The monoisotopic (exact) mass is 456 g/mol. The van der Waals surface area contributed by atoms with Crippen LogP contribution in [0.4, 0.5) is 4.79 Å². The molecule has 1 saturated heterocycles. The minimum absolute atomic E-state index is 0.0263. The number of urea groups is 1. The van der Waals surface area contributed by atoms with Crippen molar-refractivity contribution in [3.63, 3.8) is 0 Å². The number of hydrogen-bond donors (Lipinski definition) is 1. The smallest absolute Gasteiger partial charge is 0.322 e. The molecule has 0 spiro atoms. The van der Waals surface area contributed by atoms with Crippen LogP contribution in [0, 0.1) is 0 Å². The molecule has 0 bridgehead atoms. The summed E-state index contributed by atoms with van der Waals surface area (Å²) in [5.74, 6) is 0.918. The molecule has 2 aliphatic heterocycles. The lowest BCUT2D eigenvalue weighted by atomic mass is 9.94. The number of allylic oxidation sites excluding steroid dienone is 1. The lowest BCUT2D eigenvalue weighted by molar-refractivity contribution is 0.0877. The molecule has 2 unspecified atom stereocenters. The van der Waals surface area contributed by atoms with Crippen LogP contribution in [-0.2, 0) is 4.74 Å². The highest BCUT2D eigenvalue weighted by Gasteiger charge is 2.37. The summed E-state index contributed by atoms with van der Waals surface area (Å²) in [6.07, 6.45) is 1.98. The minimum atomic E-state index is -0.429. The third-order valence-corrected chi connectivity index (χ3v) is 6.73. The Balaban J connectivity index is 1.57. The SMILES string of the molecule is CC1=C(c2nc(-c3cccs3)no2)C(c2ccc(Cl)cc2)NC(=O)N1CC1CCCO1. The van der Waals surface area contributed by atoms with E-state index in [1.165, 1.54) is 0 Å². The van der Waals surface area contributed by atoms with Gasteiger partial charge in [-0.25, -0.2) is 4.79 Å². The number of benzene rings is 1. The number of thiophene rings is 1. The second-order valence-electron chi connectivity index (χ2n) is 7.58. The molecule has 2 aliphatic rings. The average Bonchev–Trinajstić information content (AvgIpc) is 3.54. The standard InChI is InChI=1S/C22H21ClN4O3S/c1-13-18(21-25-20(26-30-21)17-5-3-11-31-17)19(14-6-8-15(23)9-7-14)24-22(28)27(13)12-16-4-2-10-29-16/h3,5-9,11,16,19H,2,4,10,12H2,1H3,(H,24,28). The van der Waals surface area contributed by atoms with Gasteiger partial charge in [0, 0.05) is 17.3 Å². The number of nitrogens with one attached hydrogen (secondary N) is 1. The fraction of sp³-hybridized carbons (Fsp3) is 0.318. The van der Waals surface area contributed by atoms with Crippen molar-refractivity contribution in [3.8, 4) is 10.7 Å². The predicted molar refractivity (Wildman–Crippen MR) is 119 cm³/mol. The number of halogens is 1. The number of nitrogens with zero attached hydrogens (tertiary/aromatic N) is 3. The summed E-state index contributed by atoms with van der Waals surface area (Å²) in [6.45, 7) is 3.14. The molecular formula is C22H21ClN4O3S. The quantitative estimate of drug-likeness (QED) is 0.575. The third kappa shape index (κ3) is 3.98. The van der Waals surface area contributed by atoms with Crippen molar-refractivity contribution in [3.05, 3.63) is 64.0 Å². The number of hydrogen-bond acceptors (Lipinski definition) is 6. The third-order valence-electron chi connectivity index (χ3n) is 5.61. The molecule has 2 amide bonds. The Labute approximate surface area is 188 Å². The van der Waals surface area contributed by atoms with Gasteiger partial charge in [0.25, 0.3) is 5.89 Å². The first-order valence-electron chi connectivity index (χ1n) is 10.1. The summed E-state index contributed by atoms with van der Waals surface area (Å²) in [4.78, 5) is 20.3. The van der Waals surface area contributed by atoms with Gasteiger partial charge in [-0.2, -0.15) is 4.98 Å². The predicted octanol–water partition coefficient (Wildman–Crippen LogP) is 5.13. The maximum atomic E-state index is 13.0. The topological polar surface area (TPSA) is 80.5 Å². The maximum absolute atomic E-state index is 13.0. The molecular weight excluding hydrogens is 436 g/mol. The Hall–Kier alpha value is -2.68. The van der Waals surface area contributed by atoms with Gasteiger partial charge < -0.3 is 14.6 Å². The normalized spacial score (nSPS) is 21.6. The fourth-order valence-electron chi connectivity index (χ4n) is 4.01. The van der Waals surface area contributed by atoms with Gasteiger partial charge >= 0.3 is 6.03 Å². The number of carbonyl (C=O) groups is 1. The van der Waals surface area contributed by atoms with E-state index in [0.29, 0.717) is 23.3 Å². The van der Waals surface area contributed by atoms with Crippen molar-refractivity contribution >= 4 is 34.5 Å². The zero-order valence-corrected chi connectivity index (χ0v) is 18.4. The molecule has 0 radical (unpaired) electrons. The van der Waals surface area contributed by atoms with Crippen LogP contribution in [0.15, 0.2) is 52.0 Å². The molecule has 5 rings (SSSR count). The highest BCUT2D eigenvalue weighted by molar-refractivity contribution is 7.13. The molecule has 31 heavy (non-hydrogen) atoms. The molecule has 9 heteroatoms. The minimum Gasteiger partial charge on any atom is -0.376 e. The van der Waals surface area contributed by atoms with E-state index in [1.807, 2.05) is 36.6 Å². The van der Waals surface area contributed by atoms with Crippen molar-refractivity contribution in [1.29, 1.82) is 0 Å². The molecule has 0 aliphatic carbocycles. The Morgan fingerprint density at radius 2 is 2.13 bits per heavy atom. The Morgan fingerprint density at radius 3 is 2.84 bits per heavy atom. The molecule has 2 atom stereocenters. The van der Waals surface area contributed by atoms with E-state index in [-0.39, 0.29) is 12.1 Å². The van der Waals surface area contributed by atoms with Crippen LogP contribution in [0.25, 0.3) is 16.3 Å². The van der Waals surface area contributed by atoms with Crippen LogP contribution in [-0.4, -0.2) is 40.3 Å². The molecule has 1 fully saturated rings. The molecule has 4 heterocycles. The van der Waals surface area contributed by atoms with Crippen LogP contribution in [0.5, 0.6) is 0 Å². The van der Waals surface area contributed by atoms with Gasteiger partial charge in [0.1, 0.15) is 0 Å². The van der Waals surface area contributed by atoms with Crippen LogP contribution in [0.3, 0.4) is 0 Å². The van der Waals surface area contributed by atoms with E-state index in [1.54, 1.807) is 28.4 Å².